The van der Waals surface area contributed by atoms with Gasteiger partial charge in [0.25, 0.3) is 0 Å². The number of hydrogen-bond acceptors (Lipinski definition) is 4. The van der Waals surface area contributed by atoms with Gasteiger partial charge in [0.2, 0.25) is 8.32 Å². The molecule has 0 saturated heterocycles. The maximum Gasteiger partial charge on any atom is 0.309 e. The van der Waals surface area contributed by atoms with Crippen LogP contribution >= 0.6 is 0 Å². The lowest BCUT2D eigenvalue weighted by atomic mass is 10.2. The van der Waals surface area contributed by atoms with E-state index in [0.717, 1.165) is 13.0 Å². The fraction of sp³-hybridized carbons (Fsp3) is 0.938. The number of nitrogens with zero attached hydrogens (tertiary/aromatic N) is 1. The molecule has 1 atom stereocenters. The van der Waals surface area contributed by atoms with Crippen molar-refractivity contribution in [3.63, 3.8) is 0 Å². The Balaban J connectivity index is 5.22. The molecule has 24 heavy (non-hydrogen) atoms. The van der Waals surface area contributed by atoms with Crippen molar-refractivity contribution in [2.75, 3.05) is 6.54 Å². The first kappa shape index (κ1) is 24.3. The van der Waals surface area contributed by atoms with Gasteiger partial charge in [0, 0.05) is 0 Å². The zero-order chi connectivity index (χ0) is 19.6. The molecule has 1 unspecified atom stereocenters. The molecule has 4 nitrogen and oxygen atoms in total. The predicted molar refractivity (Wildman–Crippen MR) is 118 cm³/mol. The average molecular weight is 407 g/mol. The van der Waals surface area contributed by atoms with E-state index in [1.54, 1.807) is 0 Å². The van der Waals surface area contributed by atoms with Gasteiger partial charge in [-0.25, -0.2) is 0 Å². The Labute approximate surface area is 155 Å². The number of carbonyl (C=O) groups excluding carboxylic acids is 1. The second kappa shape index (κ2) is 8.30. The fourth-order valence-corrected chi connectivity index (χ4v) is 14.8. The van der Waals surface area contributed by atoms with E-state index in [2.05, 4.69) is 87.8 Å². The highest BCUT2D eigenvalue weighted by atomic mass is 28.4. The van der Waals surface area contributed by atoms with Gasteiger partial charge >= 0.3 is 5.97 Å². The topological polar surface area (TPSA) is 41.6 Å². The zero-order valence-electron chi connectivity index (χ0n) is 18.3. The summed E-state index contributed by atoms with van der Waals surface area (Å²) in [5.41, 5.74) is 0. The normalized spacial score (nSPS) is 15.5. The second-order valence-corrected chi connectivity index (χ2v) is 30.2. The van der Waals surface area contributed by atoms with Gasteiger partial charge in [0.05, 0.1) is 6.04 Å². The van der Waals surface area contributed by atoms with E-state index in [-0.39, 0.29) is 12.0 Å². The molecule has 0 saturated carbocycles. The van der Waals surface area contributed by atoms with Crippen molar-refractivity contribution in [1.82, 2.24) is 9.21 Å². The van der Waals surface area contributed by atoms with Crippen LogP contribution in [0.1, 0.15) is 6.42 Å². The molecule has 0 rings (SSSR count). The van der Waals surface area contributed by atoms with Gasteiger partial charge in [-0.1, -0.05) is 58.9 Å². The van der Waals surface area contributed by atoms with E-state index in [0.29, 0.717) is 0 Å². The lowest BCUT2D eigenvalue weighted by molar-refractivity contribution is -0.137. The van der Waals surface area contributed by atoms with Crippen molar-refractivity contribution in [3.8, 4) is 0 Å². The van der Waals surface area contributed by atoms with Crippen molar-refractivity contribution in [3.05, 3.63) is 0 Å². The smallest absolute Gasteiger partial charge is 0.309 e. The average Bonchev–Trinajstić information content (AvgIpc) is 2.19. The van der Waals surface area contributed by atoms with E-state index < -0.39 is 33.0 Å². The molecule has 0 radical (unpaired) electrons. The van der Waals surface area contributed by atoms with Gasteiger partial charge in [0.15, 0.2) is 0 Å². The third-order valence-corrected chi connectivity index (χ3v) is 13.3. The van der Waals surface area contributed by atoms with Crippen LogP contribution in [0.5, 0.6) is 0 Å². The summed E-state index contributed by atoms with van der Waals surface area (Å²) in [6.45, 7) is 28.4. The Hall–Kier alpha value is 0.258. The van der Waals surface area contributed by atoms with Crippen molar-refractivity contribution in [2.45, 2.75) is 91.0 Å². The summed E-state index contributed by atoms with van der Waals surface area (Å²) < 4.78 is 8.56. The summed E-state index contributed by atoms with van der Waals surface area (Å²) >= 11 is 0. The highest BCUT2D eigenvalue weighted by Gasteiger charge is 2.36. The van der Waals surface area contributed by atoms with Crippen LogP contribution in [0.3, 0.4) is 0 Å². The first-order valence-corrected chi connectivity index (χ1v) is 22.9. The van der Waals surface area contributed by atoms with Crippen molar-refractivity contribution in [1.29, 1.82) is 0 Å². The molecule has 0 fully saturated rings. The monoisotopic (exact) mass is 406 g/mol. The first-order valence-electron chi connectivity index (χ1n) is 9.11. The molecule has 0 bridgehead atoms. The van der Waals surface area contributed by atoms with Crippen molar-refractivity contribution < 1.29 is 9.22 Å². The van der Waals surface area contributed by atoms with E-state index in [1.807, 2.05) is 0 Å². The molecule has 0 aromatic carbocycles. The highest BCUT2D eigenvalue weighted by molar-refractivity contribution is 6.89. The van der Waals surface area contributed by atoms with Crippen LogP contribution in [-0.2, 0) is 9.22 Å². The Kier molecular flexibility index (Phi) is 8.39. The SMILES string of the molecule is C[Si](C)(C)NC(CCN([Si](C)(C)C)[Si](C)(C)C)C(=O)O[Si](C)(C)C. The van der Waals surface area contributed by atoms with Gasteiger partial charge in [-0.3, -0.25) is 4.79 Å². The number of nitrogens with one attached hydrogen (secondary N) is 1. The molecule has 1 N–H and O–H groups in total. The molecule has 0 aliphatic heterocycles. The maximum absolute atomic E-state index is 12.7. The number of rotatable bonds is 9. The van der Waals surface area contributed by atoms with E-state index in [9.17, 15) is 4.79 Å². The first-order chi connectivity index (χ1) is 10.3. The lowest BCUT2D eigenvalue weighted by Crippen LogP contribution is -2.61. The maximum atomic E-state index is 12.7. The Morgan fingerprint density at radius 2 is 1.29 bits per heavy atom. The van der Waals surface area contributed by atoms with Gasteiger partial charge < -0.3 is 13.6 Å². The zero-order valence-corrected chi connectivity index (χ0v) is 22.3. The van der Waals surface area contributed by atoms with Crippen LogP contribution in [-0.4, -0.2) is 55.8 Å². The van der Waals surface area contributed by atoms with Crippen LogP contribution in [0, 0.1) is 0 Å². The van der Waals surface area contributed by atoms with Crippen LogP contribution in [0.25, 0.3) is 0 Å². The minimum Gasteiger partial charge on any atom is -0.519 e. The Morgan fingerprint density at radius 3 is 1.58 bits per heavy atom. The van der Waals surface area contributed by atoms with Crippen LogP contribution in [0.4, 0.5) is 0 Å². The lowest BCUT2D eigenvalue weighted by Gasteiger charge is -2.44. The molecule has 0 aliphatic rings. The van der Waals surface area contributed by atoms with Crippen LogP contribution in [0.2, 0.25) is 78.6 Å². The molecule has 0 amide bonds. The van der Waals surface area contributed by atoms with E-state index >= 15 is 0 Å². The molecular formula is C16H42N2O2Si4. The molecule has 0 spiro atoms. The second-order valence-electron chi connectivity index (χ2n) is 10.8. The standard InChI is InChI=1S/C16H42N2O2Si4/c1-21(2,3)17-15(16(19)20-24(10,11)12)13-14-18(22(4,5)6)23(7,8)9/h15,17H,13-14H2,1-12H3. The van der Waals surface area contributed by atoms with Gasteiger partial charge in [0.1, 0.15) is 24.7 Å². The largest absolute Gasteiger partial charge is 0.519 e. The molecule has 0 aromatic rings. The third kappa shape index (κ3) is 10.3. The molecule has 0 aromatic heterocycles. The Bertz CT molecular complexity index is 404. The van der Waals surface area contributed by atoms with E-state index in [1.165, 1.54) is 0 Å². The minimum atomic E-state index is -1.86. The van der Waals surface area contributed by atoms with Gasteiger partial charge in [-0.15, -0.1) is 0 Å². The highest BCUT2D eigenvalue weighted by Crippen LogP contribution is 2.21. The number of carbonyl (C=O) groups is 1. The van der Waals surface area contributed by atoms with Crippen molar-refractivity contribution in [2.24, 2.45) is 0 Å². The summed E-state index contributed by atoms with van der Waals surface area (Å²) in [5, 5.41) is 0. The van der Waals surface area contributed by atoms with Crippen LogP contribution in [0.15, 0.2) is 0 Å². The summed E-state index contributed by atoms with van der Waals surface area (Å²) in [6, 6.07) is -0.168. The third-order valence-electron chi connectivity index (χ3n) is 3.56. The summed E-state index contributed by atoms with van der Waals surface area (Å²) in [5.74, 6) is -0.0392. The quantitative estimate of drug-likeness (QED) is 0.572. The predicted octanol–water partition coefficient (Wildman–Crippen LogP) is 4.52. The molecule has 144 valence electrons. The molecule has 8 heteroatoms. The summed E-state index contributed by atoms with van der Waals surface area (Å²) in [6.07, 6.45) is 0.849. The summed E-state index contributed by atoms with van der Waals surface area (Å²) in [4.78, 5) is 16.4. The van der Waals surface area contributed by atoms with Gasteiger partial charge in [-0.2, -0.15) is 0 Å². The molecule has 0 aliphatic carbocycles. The van der Waals surface area contributed by atoms with Crippen molar-refractivity contribution >= 4 is 39.0 Å². The Morgan fingerprint density at radius 1 is 0.875 bits per heavy atom. The van der Waals surface area contributed by atoms with Crippen LogP contribution < -0.4 is 4.98 Å². The fourth-order valence-electron chi connectivity index (χ4n) is 3.08. The molecular weight excluding hydrogens is 365 g/mol. The molecule has 0 heterocycles. The number of hydrogen-bond donors (Lipinski definition) is 1. The van der Waals surface area contributed by atoms with E-state index in [4.69, 9.17) is 4.43 Å². The van der Waals surface area contributed by atoms with Gasteiger partial charge in [-0.05, 0) is 32.6 Å². The minimum absolute atomic E-state index is 0.0392. The summed E-state index contributed by atoms with van der Waals surface area (Å²) in [7, 11) is -6.20.